The third-order valence-electron chi connectivity index (χ3n) is 4.53. The van der Waals surface area contributed by atoms with Gasteiger partial charge in [0, 0.05) is 43.2 Å². The molecule has 2 aliphatic heterocycles. The summed E-state index contributed by atoms with van der Waals surface area (Å²) in [7, 11) is -3.74. The number of carbonyl (C=O) groups excluding carboxylic acids is 1. The number of hydrogen-bond acceptors (Lipinski definition) is 7. The van der Waals surface area contributed by atoms with Crippen molar-refractivity contribution in [2.45, 2.75) is 36.0 Å². The maximum Gasteiger partial charge on any atom is 0.490 e. The van der Waals surface area contributed by atoms with Gasteiger partial charge in [-0.2, -0.15) is 17.5 Å². The molecule has 15 heteroatoms. The van der Waals surface area contributed by atoms with Crippen LogP contribution in [0.1, 0.15) is 12.8 Å². The zero-order chi connectivity index (χ0) is 24.1. The number of halogens is 4. The summed E-state index contributed by atoms with van der Waals surface area (Å²) in [5.74, 6) is -2.71. The number of rotatable bonds is 6. The number of sulfonamides is 1. The van der Waals surface area contributed by atoms with Crippen molar-refractivity contribution in [1.82, 2.24) is 14.6 Å². The van der Waals surface area contributed by atoms with Gasteiger partial charge in [0.25, 0.3) is 0 Å². The standard InChI is InChI=1S/C15H19FN4O4S.C2HF3O2/c16-5-10(6-17)9-24-15-2-1-13(7-18-15)25(22,23)20-8-11-3-12(20)4-14(21)19-11;3-2(4,5)1(6)7/h1-2,5,7,11-12H,3-4,6,8-9,17H2,(H,19,21);(H,6,7)/b10-5+;. The Morgan fingerprint density at radius 2 is 2.06 bits per heavy atom. The lowest BCUT2D eigenvalue weighted by molar-refractivity contribution is -0.192. The first-order valence-electron chi connectivity index (χ1n) is 9.06. The number of nitrogens with two attached hydrogens (primary N) is 1. The number of ether oxygens (including phenoxy) is 1. The first kappa shape index (κ1) is 25.5. The number of alkyl halides is 3. The van der Waals surface area contributed by atoms with Gasteiger partial charge >= 0.3 is 12.1 Å². The van der Waals surface area contributed by atoms with Crippen LogP contribution < -0.4 is 15.8 Å². The normalized spacial score (nSPS) is 21.4. The molecule has 3 heterocycles. The minimum Gasteiger partial charge on any atom is -0.475 e. The Morgan fingerprint density at radius 1 is 1.41 bits per heavy atom. The van der Waals surface area contributed by atoms with Crippen LogP contribution in [-0.4, -0.2) is 72.6 Å². The molecule has 2 unspecified atom stereocenters. The monoisotopic (exact) mass is 484 g/mol. The van der Waals surface area contributed by atoms with Crippen LogP contribution in [0.15, 0.2) is 35.1 Å². The molecule has 2 atom stereocenters. The van der Waals surface area contributed by atoms with Crippen molar-refractivity contribution in [3.05, 3.63) is 30.2 Å². The minimum absolute atomic E-state index is 0.0211. The van der Waals surface area contributed by atoms with Crippen LogP contribution in [0.5, 0.6) is 5.88 Å². The Balaban J connectivity index is 0.000000451. The number of carbonyl (C=O) groups is 2. The Kier molecular flexibility index (Phi) is 8.14. The summed E-state index contributed by atoms with van der Waals surface area (Å²) < 4.78 is 76.4. The number of piperidine rings is 1. The molecule has 2 aliphatic rings. The highest BCUT2D eigenvalue weighted by atomic mass is 32.2. The van der Waals surface area contributed by atoms with Crippen LogP contribution in [-0.2, 0) is 19.6 Å². The van der Waals surface area contributed by atoms with Crippen LogP contribution in [0.25, 0.3) is 0 Å². The molecule has 178 valence electrons. The Labute approximate surface area is 180 Å². The van der Waals surface area contributed by atoms with Gasteiger partial charge in [-0.25, -0.2) is 22.6 Å². The molecule has 2 fully saturated rings. The average Bonchev–Trinajstić information content (AvgIpc) is 3.03. The second-order valence-electron chi connectivity index (χ2n) is 6.83. The van der Waals surface area contributed by atoms with Gasteiger partial charge in [0.15, 0.2) is 0 Å². The van der Waals surface area contributed by atoms with E-state index in [9.17, 15) is 30.8 Å². The highest BCUT2D eigenvalue weighted by Crippen LogP contribution is 2.30. The zero-order valence-corrected chi connectivity index (χ0v) is 17.2. The number of fused-ring (bicyclic) bond motifs is 2. The molecule has 32 heavy (non-hydrogen) atoms. The van der Waals surface area contributed by atoms with Gasteiger partial charge in [-0.15, -0.1) is 0 Å². The molecular formula is C17H20F4N4O6S. The van der Waals surface area contributed by atoms with Crippen molar-refractivity contribution in [3.63, 3.8) is 0 Å². The highest BCUT2D eigenvalue weighted by molar-refractivity contribution is 7.89. The van der Waals surface area contributed by atoms with E-state index < -0.39 is 22.2 Å². The molecule has 2 saturated heterocycles. The summed E-state index contributed by atoms with van der Waals surface area (Å²) in [4.78, 5) is 24.4. The first-order chi connectivity index (χ1) is 14.9. The highest BCUT2D eigenvalue weighted by Gasteiger charge is 2.44. The number of nitrogens with zero attached hydrogens (tertiary/aromatic N) is 2. The van der Waals surface area contributed by atoms with Gasteiger partial charge < -0.3 is 20.9 Å². The van der Waals surface area contributed by atoms with E-state index in [-0.39, 0.29) is 60.5 Å². The molecule has 2 bridgehead atoms. The molecule has 0 spiro atoms. The van der Waals surface area contributed by atoms with E-state index in [0.29, 0.717) is 12.8 Å². The molecule has 0 aromatic carbocycles. The summed E-state index contributed by atoms with van der Waals surface area (Å²) in [6.45, 7) is 0.223. The lowest BCUT2D eigenvalue weighted by atomic mass is 10.1. The molecule has 1 aromatic heterocycles. The molecule has 10 nitrogen and oxygen atoms in total. The van der Waals surface area contributed by atoms with Crippen molar-refractivity contribution >= 4 is 21.9 Å². The smallest absolute Gasteiger partial charge is 0.475 e. The Bertz CT molecular complexity index is 968. The van der Waals surface area contributed by atoms with E-state index in [1.807, 2.05) is 0 Å². The molecule has 0 radical (unpaired) electrons. The van der Waals surface area contributed by atoms with Crippen LogP contribution >= 0.6 is 0 Å². The van der Waals surface area contributed by atoms with Gasteiger partial charge in [0.1, 0.15) is 11.5 Å². The van der Waals surface area contributed by atoms with Crippen molar-refractivity contribution in [1.29, 1.82) is 0 Å². The number of carboxylic acids is 1. The van der Waals surface area contributed by atoms with E-state index in [2.05, 4.69) is 10.3 Å². The molecular weight excluding hydrogens is 464 g/mol. The summed E-state index contributed by atoms with van der Waals surface area (Å²) in [6.07, 6.45) is -2.72. The molecule has 1 aromatic rings. The second kappa shape index (κ2) is 10.2. The molecule has 1 amide bonds. The summed E-state index contributed by atoms with van der Waals surface area (Å²) in [5.41, 5.74) is 5.59. The van der Waals surface area contributed by atoms with Crippen molar-refractivity contribution in [2.75, 3.05) is 19.7 Å². The first-order valence-corrected chi connectivity index (χ1v) is 10.5. The number of hydrogen-bond donors (Lipinski definition) is 3. The van der Waals surface area contributed by atoms with Gasteiger partial charge in [-0.3, -0.25) is 4.79 Å². The molecule has 3 rings (SSSR count). The van der Waals surface area contributed by atoms with Gasteiger partial charge in [0.05, 0.1) is 12.5 Å². The SMILES string of the molecule is NC/C(=C\F)COc1ccc(S(=O)(=O)N2CC3CC2CC(=O)N3)cn1.O=C(O)C(F)(F)F. The zero-order valence-electron chi connectivity index (χ0n) is 16.4. The maximum atomic E-state index is 12.8. The second-order valence-corrected chi connectivity index (χ2v) is 8.72. The molecule has 4 N–H and O–H groups in total. The molecule has 0 saturated carbocycles. The Hall–Kier alpha value is -2.78. The van der Waals surface area contributed by atoms with Gasteiger partial charge in [-0.1, -0.05) is 0 Å². The van der Waals surface area contributed by atoms with E-state index in [0.717, 1.165) is 0 Å². The lowest BCUT2D eigenvalue weighted by Crippen LogP contribution is -2.40. The predicted molar refractivity (Wildman–Crippen MR) is 101 cm³/mol. The fourth-order valence-corrected chi connectivity index (χ4v) is 4.64. The summed E-state index contributed by atoms with van der Waals surface area (Å²) >= 11 is 0. The van der Waals surface area contributed by atoms with Crippen LogP contribution in [0.4, 0.5) is 17.6 Å². The number of carboxylic acid groups (broad SMARTS) is 1. The minimum atomic E-state index is -5.08. The third-order valence-corrected chi connectivity index (χ3v) is 6.43. The van der Waals surface area contributed by atoms with Crippen molar-refractivity contribution in [3.8, 4) is 5.88 Å². The quantitative estimate of drug-likeness (QED) is 0.496. The number of aromatic nitrogens is 1. The van der Waals surface area contributed by atoms with Crippen LogP contribution in [0.2, 0.25) is 0 Å². The third kappa shape index (κ3) is 6.37. The van der Waals surface area contributed by atoms with Crippen LogP contribution in [0, 0.1) is 0 Å². The maximum absolute atomic E-state index is 12.8. The topological polar surface area (TPSA) is 152 Å². The summed E-state index contributed by atoms with van der Waals surface area (Å²) in [5, 5.41) is 9.91. The number of aliphatic carboxylic acids is 1. The summed E-state index contributed by atoms with van der Waals surface area (Å²) in [6, 6.07) is 2.33. The molecule has 0 aliphatic carbocycles. The largest absolute Gasteiger partial charge is 0.490 e. The fourth-order valence-electron chi connectivity index (χ4n) is 3.01. The predicted octanol–water partition coefficient (Wildman–Crippen LogP) is 0.557. The van der Waals surface area contributed by atoms with Crippen molar-refractivity contribution in [2.24, 2.45) is 5.73 Å². The van der Waals surface area contributed by atoms with E-state index in [1.54, 1.807) is 0 Å². The van der Waals surface area contributed by atoms with E-state index in [1.165, 1.54) is 22.6 Å². The van der Waals surface area contributed by atoms with Crippen LogP contribution in [0.3, 0.4) is 0 Å². The Morgan fingerprint density at radius 3 is 2.56 bits per heavy atom. The van der Waals surface area contributed by atoms with Gasteiger partial charge in [0.2, 0.25) is 21.8 Å². The fraction of sp³-hybridized carbons (Fsp3) is 0.471. The number of amides is 1. The van der Waals surface area contributed by atoms with E-state index in [4.69, 9.17) is 20.4 Å². The lowest BCUT2D eigenvalue weighted by Gasteiger charge is -2.23. The van der Waals surface area contributed by atoms with E-state index >= 15 is 0 Å². The average molecular weight is 484 g/mol. The number of pyridine rings is 1. The van der Waals surface area contributed by atoms with Crippen molar-refractivity contribution < 1.29 is 45.4 Å². The number of nitrogens with one attached hydrogen (secondary N) is 1. The van der Waals surface area contributed by atoms with Gasteiger partial charge in [-0.05, 0) is 12.5 Å².